The summed E-state index contributed by atoms with van der Waals surface area (Å²) in [6.45, 7) is 5.39. The van der Waals surface area contributed by atoms with Crippen molar-refractivity contribution in [2.75, 3.05) is 32.6 Å². The van der Waals surface area contributed by atoms with Crippen LogP contribution in [0.3, 0.4) is 0 Å². The van der Waals surface area contributed by atoms with Gasteiger partial charge < -0.3 is 20.7 Å². The first-order valence-electron chi connectivity index (χ1n) is 7.92. The Bertz CT molecular complexity index is 509. The van der Waals surface area contributed by atoms with E-state index in [-0.39, 0.29) is 11.9 Å². The van der Waals surface area contributed by atoms with Crippen molar-refractivity contribution >= 4 is 23.2 Å². The maximum absolute atomic E-state index is 12.1. The summed E-state index contributed by atoms with van der Waals surface area (Å²) in [5, 5.41) is 3.82. The van der Waals surface area contributed by atoms with Gasteiger partial charge in [0.1, 0.15) is 5.75 Å². The maximum Gasteiger partial charge on any atom is 0.224 e. The van der Waals surface area contributed by atoms with Crippen LogP contribution in [0.1, 0.15) is 26.7 Å². The molecule has 0 radical (unpaired) electrons. The van der Waals surface area contributed by atoms with Crippen LogP contribution in [-0.4, -0.2) is 44.1 Å². The van der Waals surface area contributed by atoms with Crippen molar-refractivity contribution in [1.82, 2.24) is 4.90 Å². The van der Waals surface area contributed by atoms with E-state index < -0.39 is 0 Å². The first-order valence-corrected chi connectivity index (χ1v) is 8.30. The second-order valence-corrected chi connectivity index (χ2v) is 6.47. The van der Waals surface area contributed by atoms with Crippen LogP contribution in [0.15, 0.2) is 18.2 Å². The summed E-state index contributed by atoms with van der Waals surface area (Å²) in [5.74, 6) is 1.23. The molecule has 0 aliphatic carbocycles. The Morgan fingerprint density at radius 3 is 2.74 bits per heavy atom. The number of benzene rings is 1. The van der Waals surface area contributed by atoms with Crippen LogP contribution in [0.5, 0.6) is 5.75 Å². The molecule has 5 nitrogen and oxygen atoms in total. The molecule has 1 unspecified atom stereocenters. The average Bonchev–Trinajstić information content (AvgIpc) is 2.52. The molecule has 0 saturated carbocycles. The van der Waals surface area contributed by atoms with Gasteiger partial charge in [0.2, 0.25) is 5.91 Å². The second kappa shape index (κ2) is 9.63. The number of halogens is 1. The van der Waals surface area contributed by atoms with Gasteiger partial charge in [-0.05, 0) is 30.5 Å². The van der Waals surface area contributed by atoms with Crippen LogP contribution in [0.4, 0.5) is 5.69 Å². The number of hydrogen-bond acceptors (Lipinski definition) is 4. The van der Waals surface area contributed by atoms with E-state index in [0.717, 1.165) is 12.1 Å². The molecule has 0 saturated heterocycles. The van der Waals surface area contributed by atoms with Crippen LogP contribution in [0.2, 0.25) is 5.02 Å². The predicted octanol–water partition coefficient (Wildman–Crippen LogP) is 2.98. The molecule has 0 aliphatic heterocycles. The highest BCUT2D eigenvalue weighted by molar-refractivity contribution is 6.30. The fourth-order valence-corrected chi connectivity index (χ4v) is 2.29. The molecule has 23 heavy (non-hydrogen) atoms. The minimum absolute atomic E-state index is 0.0921. The van der Waals surface area contributed by atoms with Crippen LogP contribution >= 0.6 is 11.6 Å². The number of ether oxygens (including phenoxy) is 1. The van der Waals surface area contributed by atoms with Gasteiger partial charge in [-0.15, -0.1) is 0 Å². The first kappa shape index (κ1) is 19.6. The minimum Gasteiger partial charge on any atom is -0.495 e. The Kier molecular flexibility index (Phi) is 8.20. The predicted molar refractivity (Wildman–Crippen MR) is 96.2 cm³/mol. The van der Waals surface area contributed by atoms with E-state index in [9.17, 15) is 4.79 Å². The third-order valence-electron chi connectivity index (χ3n) is 3.90. The summed E-state index contributed by atoms with van der Waals surface area (Å²) in [6.07, 6.45) is 1.22. The van der Waals surface area contributed by atoms with E-state index in [1.54, 1.807) is 30.2 Å². The molecular weight excluding hydrogens is 314 g/mol. The zero-order chi connectivity index (χ0) is 17.4. The van der Waals surface area contributed by atoms with Gasteiger partial charge in [0.05, 0.1) is 12.8 Å². The quantitative estimate of drug-likeness (QED) is 0.724. The SMILES string of the molecule is COc1ccc(Cl)cc1NCCC(=O)N(C)CCC(N)C(C)C. The summed E-state index contributed by atoms with van der Waals surface area (Å²) in [7, 11) is 3.42. The van der Waals surface area contributed by atoms with Gasteiger partial charge in [-0.2, -0.15) is 0 Å². The van der Waals surface area contributed by atoms with E-state index in [1.807, 2.05) is 7.05 Å². The Balaban J connectivity index is 2.40. The topological polar surface area (TPSA) is 67.6 Å². The lowest BCUT2D eigenvalue weighted by atomic mass is 10.0. The zero-order valence-corrected chi connectivity index (χ0v) is 15.2. The number of amides is 1. The van der Waals surface area contributed by atoms with Crippen LogP contribution in [0, 0.1) is 5.92 Å². The monoisotopic (exact) mass is 341 g/mol. The molecule has 1 atom stereocenters. The van der Waals surface area contributed by atoms with E-state index >= 15 is 0 Å². The van der Waals surface area contributed by atoms with E-state index in [2.05, 4.69) is 19.2 Å². The highest BCUT2D eigenvalue weighted by Gasteiger charge is 2.13. The number of carbonyl (C=O) groups excluding carboxylic acids is 1. The Hall–Kier alpha value is -1.46. The first-order chi connectivity index (χ1) is 10.8. The van der Waals surface area contributed by atoms with Gasteiger partial charge in [-0.25, -0.2) is 0 Å². The molecule has 3 N–H and O–H groups in total. The smallest absolute Gasteiger partial charge is 0.224 e. The van der Waals surface area contributed by atoms with Crippen LogP contribution in [0.25, 0.3) is 0 Å². The summed E-state index contributed by atoms with van der Waals surface area (Å²) < 4.78 is 5.26. The van der Waals surface area contributed by atoms with Crippen molar-refractivity contribution < 1.29 is 9.53 Å². The number of methoxy groups -OCH3 is 1. The Labute approximate surface area is 144 Å². The normalized spacial score (nSPS) is 12.1. The third-order valence-corrected chi connectivity index (χ3v) is 4.13. The van der Waals surface area contributed by atoms with E-state index in [4.69, 9.17) is 22.1 Å². The highest BCUT2D eigenvalue weighted by atomic mass is 35.5. The van der Waals surface area contributed by atoms with Crippen molar-refractivity contribution in [3.8, 4) is 5.75 Å². The molecule has 0 spiro atoms. The van der Waals surface area contributed by atoms with Gasteiger partial charge in [0.25, 0.3) is 0 Å². The van der Waals surface area contributed by atoms with Gasteiger partial charge in [0, 0.05) is 37.6 Å². The van der Waals surface area contributed by atoms with Crippen LogP contribution < -0.4 is 15.8 Å². The molecule has 1 rings (SSSR count). The molecule has 1 amide bonds. The summed E-state index contributed by atoms with van der Waals surface area (Å²) in [6, 6.07) is 5.48. The van der Waals surface area contributed by atoms with E-state index in [0.29, 0.717) is 36.2 Å². The van der Waals surface area contributed by atoms with Gasteiger partial charge in [-0.3, -0.25) is 4.79 Å². The standard InChI is InChI=1S/C17H28ClN3O2/c1-12(2)14(19)8-10-21(3)17(22)7-9-20-15-11-13(18)5-6-16(15)23-4/h5-6,11-12,14,20H,7-10,19H2,1-4H3. The largest absolute Gasteiger partial charge is 0.495 e. The zero-order valence-electron chi connectivity index (χ0n) is 14.4. The molecule has 6 heteroatoms. The molecule has 0 aliphatic rings. The molecule has 0 heterocycles. The minimum atomic E-state index is 0.0921. The van der Waals surface area contributed by atoms with Crippen LogP contribution in [-0.2, 0) is 4.79 Å². The molecule has 0 fully saturated rings. The highest BCUT2D eigenvalue weighted by Crippen LogP contribution is 2.27. The van der Waals surface area contributed by atoms with Gasteiger partial charge in [-0.1, -0.05) is 25.4 Å². The van der Waals surface area contributed by atoms with Crippen molar-refractivity contribution in [2.24, 2.45) is 11.7 Å². The summed E-state index contributed by atoms with van der Waals surface area (Å²) in [4.78, 5) is 13.9. The molecule has 1 aromatic rings. The number of hydrogen-bond donors (Lipinski definition) is 2. The van der Waals surface area contributed by atoms with Gasteiger partial charge in [0.15, 0.2) is 0 Å². The fourth-order valence-electron chi connectivity index (χ4n) is 2.11. The average molecular weight is 342 g/mol. The Morgan fingerprint density at radius 2 is 2.13 bits per heavy atom. The molecule has 0 aromatic heterocycles. The fraction of sp³-hybridized carbons (Fsp3) is 0.588. The number of nitrogens with one attached hydrogen (secondary N) is 1. The number of rotatable bonds is 9. The second-order valence-electron chi connectivity index (χ2n) is 6.03. The molecule has 0 bridgehead atoms. The van der Waals surface area contributed by atoms with Crippen molar-refractivity contribution in [1.29, 1.82) is 0 Å². The van der Waals surface area contributed by atoms with Gasteiger partial charge >= 0.3 is 0 Å². The van der Waals surface area contributed by atoms with Crippen molar-refractivity contribution in [2.45, 2.75) is 32.7 Å². The maximum atomic E-state index is 12.1. The number of nitrogens with zero attached hydrogens (tertiary/aromatic N) is 1. The lowest BCUT2D eigenvalue weighted by Crippen LogP contribution is -2.35. The summed E-state index contributed by atoms with van der Waals surface area (Å²) >= 11 is 5.98. The molecule has 1 aromatic carbocycles. The molecule has 130 valence electrons. The third kappa shape index (κ3) is 6.67. The van der Waals surface area contributed by atoms with E-state index in [1.165, 1.54) is 0 Å². The lowest BCUT2D eigenvalue weighted by Gasteiger charge is -2.22. The van der Waals surface area contributed by atoms with Crippen molar-refractivity contribution in [3.63, 3.8) is 0 Å². The summed E-state index contributed by atoms with van der Waals surface area (Å²) in [5.41, 5.74) is 6.80. The number of nitrogens with two attached hydrogens (primary N) is 1. The number of anilines is 1. The molecular formula is C17H28ClN3O2. The lowest BCUT2D eigenvalue weighted by molar-refractivity contribution is -0.129. The Morgan fingerprint density at radius 1 is 1.43 bits per heavy atom. The number of carbonyl (C=O) groups is 1. The van der Waals surface area contributed by atoms with Crippen molar-refractivity contribution in [3.05, 3.63) is 23.2 Å².